The van der Waals surface area contributed by atoms with E-state index in [1.807, 2.05) is 24.1 Å². The van der Waals surface area contributed by atoms with Gasteiger partial charge >= 0.3 is 0 Å². The second kappa shape index (κ2) is 11.2. The zero-order valence-electron chi connectivity index (χ0n) is 18.3. The van der Waals surface area contributed by atoms with Crippen LogP contribution in [-0.2, 0) is 16.6 Å². The molecule has 1 heterocycles. The number of nitrogens with zero attached hydrogens (tertiary/aromatic N) is 4. The van der Waals surface area contributed by atoms with Crippen molar-refractivity contribution in [2.24, 2.45) is 0 Å². The Labute approximate surface area is 207 Å². The van der Waals surface area contributed by atoms with Gasteiger partial charge in [0.2, 0.25) is 16.0 Å². The molecule has 3 rings (SSSR count). The van der Waals surface area contributed by atoms with Crippen molar-refractivity contribution in [2.45, 2.75) is 6.61 Å². The van der Waals surface area contributed by atoms with Crippen LogP contribution >= 0.6 is 23.2 Å². The van der Waals surface area contributed by atoms with Crippen molar-refractivity contribution in [3.05, 3.63) is 64.9 Å². The maximum atomic E-state index is 11.3. The highest BCUT2D eigenvalue weighted by atomic mass is 35.5. The summed E-state index contributed by atoms with van der Waals surface area (Å²) in [7, 11) is -1.62. The van der Waals surface area contributed by atoms with Crippen LogP contribution in [0.4, 0.5) is 17.3 Å². The van der Waals surface area contributed by atoms with Gasteiger partial charge in [-0.3, -0.25) is 4.72 Å². The number of hydrogen-bond acceptors (Lipinski definition) is 8. The van der Waals surface area contributed by atoms with Gasteiger partial charge in [0.15, 0.2) is 5.75 Å². The average molecular weight is 522 g/mol. The number of aromatic nitrogens is 2. The highest BCUT2D eigenvalue weighted by Crippen LogP contribution is 2.36. The van der Waals surface area contributed by atoms with Crippen LogP contribution in [0.1, 0.15) is 11.3 Å². The number of alkyl halides is 1. The summed E-state index contributed by atoms with van der Waals surface area (Å²) in [6, 6.07) is 14.4. The standard InChI is InChI=1S/C22H21Cl2N5O4S/c1-29(18-11-15(13-25)21(20(24)12-18)32-10-8-23)17-3-5-19(6-4-17)33-14-16-7-9-26-22(27-16)28-34(2,30)31/h3-7,9,11-12H,8,10,14H2,1-2H3,(H,26,27,28). The van der Waals surface area contributed by atoms with Gasteiger partial charge in [0, 0.05) is 24.6 Å². The van der Waals surface area contributed by atoms with E-state index >= 15 is 0 Å². The summed E-state index contributed by atoms with van der Waals surface area (Å²) >= 11 is 12.0. The molecule has 0 saturated heterocycles. The molecule has 0 fully saturated rings. The summed E-state index contributed by atoms with van der Waals surface area (Å²) in [5, 5.41) is 9.80. The first kappa shape index (κ1) is 25.4. The van der Waals surface area contributed by atoms with E-state index in [-0.39, 0.29) is 25.0 Å². The number of ether oxygens (including phenoxy) is 2. The van der Waals surface area contributed by atoms with Crippen LogP contribution in [0, 0.1) is 11.3 Å². The fourth-order valence-electron chi connectivity index (χ4n) is 2.91. The molecule has 0 radical (unpaired) electrons. The molecular formula is C22H21Cl2N5O4S. The largest absolute Gasteiger partial charge is 0.489 e. The van der Waals surface area contributed by atoms with Gasteiger partial charge in [0.25, 0.3) is 0 Å². The molecule has 0 amide bonds. The van der Waals surface area contributed by atoms with Crippen LogP contribution in [0.25, 0.3) is 0 Å². The lowest BCUT2D eigenvalue weighted by Crippen LogP contribution is -2.13. The Bertz CT molecular complexity index is 1300. The predicted octanol–water partition coefficient (Wildman–Crippen LogP) is 4.34. The first-order valence-electron chi connectivity index (χ1n) is 9.89. The zero-order chi connectivity index (χ0) is 24.7. The van der Waals surface area contributed by atoms with E-state index in [1.54, 1.807) is 30.3 Å². The molecule has 12 heteroatoms. The smallest absolute Gasteiger partial charge is 0.236 e. The monoisotopic (exact) mass is 521 g/mol. The van der Waals surface area contributed by atoms with Crippen LogP contribution in [0.5, 0.6) is 11.5 Å². The predicted molar refractivity (Wildman–Crippen MR) is 132 cm³/mol. The third kappa shape index (κ3) is 6.87. The fourth-order valence-corrected chi connectivity index (χ4v) is 3.68. The molecule has 0 saturated carbocycles. The maximum absolute atomic E-state index is 11.3. The minimum atomic E-state index is -3.47. The number of nitriles is 1. The molecule has 0 bridgehead atoms. The van der Waals surface area contributed by atoms with Crippen molar-refractivity contribution in [3.8, 4) is 17.6 Å². The number of anilines is 3. The summed E-state index contributed by atoms with van der Waals surface area (Å²) in [4.78, 5) is 9.86. The fraction of sp³-hybridized carbons (Fsp3) is 0.227. The molecule has 0 spiro atoms. The van der Waals surface area contributed by atoms with E-state index < -0.39 is 10.0 Å². The summed E-state index contributed by atoms with van der Waals surface area (Å²) in [5.74, 6) is 1.17. The van der Waals surface area contributed by atoms with Gasteiger partial charge in [0.1, 0.15) is 25.0 Å². The Kier molecular flexibility index (Phi) is 8.39. The number of nitrogens with one attached hydrogen (secondary N) is 1. The molecule has 2 aromatic carbocycles. The van der Waals surface area contributed by atoms with Crippen molar-refractivity contribution >= 4 is 50.5 Å². The minimum absolute atomic E-state index is 0.0185. The number of benzene rings is 2. The van der Waals surface area contributed by atoms with E-state index in [0.717, 1.165) is 11.9 Å². The van der Waals surface area contributed by atoms with E-state index in [0.29, 0.717) is 33.5 Å². The second-order valence-corrected chi connectivity index (χ2v) is 9.57. The number of sulfonamides is 1. The Hall–Kier alpha value is -3.26. The summed E-state index contributed by atoms with van der Waals surface area (Å²) in [6.45, 7) is 0.373. The van der Waals surface area contributed by atoms with Crippen LogP contribution in [-0.4, -0.2) is 44.2 Å². The third-order valence-corrected chi connectivity index (χ3v) is 5.45. The summed E-state index contributed by atoms with van der Waals surface area (Å²) in [5.41, 5.74) is 2.37. The Morgan fingerprint density at radius 1 is 1.15 bits per heavy atom. The number of halogens is 2. The van der Waals surface area contributed by atoms with Gasteiger partial charge in [-0.25, -0.2) is 18.4 Å². The molecule has 0 aliphatic rings. The van der Waals surface area contributed by atoms with Gasteiger partial charge in [-0.1, -0.05) is 11.6 Å². The van der Waals surface area contributed by atoms with E-state index in [2.05, 4.69) is 20.8 Å². The Morgan fingerprint density at radius 2 is 1.88 bits per heavy atom. The Morgan fingerprint density at radius 3 is 2.53 bits per heavy atom. The van der Waals surface area contributed by atoms with Gasteiger partial charge in [-0.2, -0.15) is 5.26 Å². The van der Waals surface area contributed by atoms with Crippen LogP contribution in [0.2, 0.25) is 5.02 Å². The van der Waals surface area contributed by atoms with Crippen LogP contribution < -0.4 is 19.1 Å². The molecule has 0 aliphatic heterocycles. The lowest BCUT2D eigenvalue weighted by atomic mass is 10.1. The first-order valence-corrected chi connectivity index (χ1v) is 12.7. The highest BCUT2D eigenvalue weighted by Gasteiger charge is 2.14. The maximum Gasteiger partial charge on any atom is 0.236 e. The van der Waals surface area contributed by atoms with Crippen LogP contribution in [0.15, 0.2) is 48.7 Å². The molecule has 0 aliphatic carbocycles. The van der Waals surface area contributed by atoms with E-state index in [1.165, 1.54) is 6.20 Å². The van der Waals surface area contributed by atoms with Gasteiger partial charge in [0.05, 0.1) is 28.4 Å². The van der Waals surface area contributed by atoms with Gasteiger partial charge < -0.3 is 14.4 Å². The number of hydrogen-bond donors (Lipinski definition) is 1. The van der Waals surface area contributed by atoms with Crippen LogP contribution in [0.3, 0.4) is 0 Å². The minimum Gasteiger partial charge on any atom is -0.489 e. The molecule has 3 aromatic rings. The van der Waals surface area contributed by atoms with Crippen molar-refractivity contribution in [2.75, 3.05) is 35.4 Å². The van der Waals surface area contributed by atoms with Crippen molar-refractivity contribution in [1.82, 2.24) is 9.97 Å². The topological polar surface area (TPSA) is 117 Å². The zero-order valence-corrected chi connectivity index (χ0v) is 20.7. The van der Waals surface area contributed by atoms with E-state index in [4.69, 9.17) is 32.7 Å². The van der Waals surface area contributed by atoms with E-state index in [9.17, 15) is 13.7 Å². The molecule has 9 nitrogen and oxygen atoms in total. The third-order valence-electron chi connectivity index (χ3n) is 4.46. The lowest BCUT2D eigenvalue weighted by Gasteiger charge is -2.21. The number of rotatable bonds is 10. The lowest BCUT2D eigenvalue weighted by molar-refractivity contribution is 0.301. The van der Waals surface area contributed by atoms with Crippen molar-refractivity contribution in [1.29, 1.82) is 5.26 Å². The second-order valence-electron chi connectivity index (χ2n) is 7.04. The molecular weight excluding hydrogens is 501 g/mol. The average Bonchev–Trinajstić information content (AvgIpc) is 2.80. The quantitative estimate of drug-likeness (QED) is 0.391. The van der Waals surface area contributed by atoms with Crippen molar-refractivity contribution in [3.63, 3.8) is 0 Å². The normalized spacial score (nSPS) is 10.9. The van der Waals surface area contributed by atoms with Crippen molar-refractivity contribution < 1.29 is 17.9 Å². The molecule has 178 valence electrons. The SMILES string of the molecule is CN(c1ccc(OCc2ccnc(NS(C)(=O)=O)n2)cc1)c1cc(Cl)c(OCCCl)c(C#N)c1. The molecule has 0 unspecified atom stereocenters. The highest BCUT2D eigenvalue weighted by molar-refractivity contribution is 7.91. The first-order chi connectivity index (χ1) is 16.2. The van der Waals surface area contributed by atoms with Gasteiger partial charge in [-0.15, -0.1) is 11.6 Å². The molecule has 1 N–H and O–H groups in total. The molecule has 0 atom stereocenters. The summed E-state index contributed by atoms with van der Waals surface area (Å²) < 4.78 is 36.1. The Balaban J connectivity index is 1.69. The molecule has 1 aromatic heterocycles. The van der Waals surface area contributed by atoms with Gasteiger partial charge in [-0.05, 0) is 42.5 Å². The summed E-state index contributed by atoms with van der Waals surface area (Å²) in [6.07, 6.45) is 2.47. The molecule has 34 heavy (non-hydrogen) atoms.